The Hall–Kier alpha value is -1.61. The molecule has 1 saturated carbocycles. The Morgan fingerprint density at radius 1 is 1.12 bits per heavy atom. The van der Waals surface area contributed by atoms with Gasteiger partial charge in [-0.15, -0.1) is 23.2 Å². The summed E-state index contributed by atoms with van der Waals surface area (Å²) in [5, 5.41) is 12.4. The smallest absolute Gasteiger partial charge is 0.254 e. The average Bonchev–Trinajstić information content (AvgIpc) is 3.10. The van der Waals surface area contributed by atoms with E-state index in [9.17, 15) is 24.3 Å². The Balaban J connectivity index is 1.77. The van der Waals surface area contributed by atoms with Gasteiger partial charge in [-0.25, -0.2) is 0 Å². The molecule has 1 aromatic rings. The number of allylic oxidation sites excluding steroid dienone is 2. The zero-order valence-electron chi connectivity index (χ0n) is 16.3. The maximum absolute atomic E-state index is 13.5. The number of benzene rings is 1. The lowest BCUT2D eigenvalue weighted by atomic mass is 9.56. The molecule has 2 saturated heterocycles. The third-order valence-electron chi connectivity index (χ3n) is 7.15. The molecule has 6 atom stereocenters. The number of rotatable bonds is 2. The molecule has 0 radical (unpaired) electrons. The molecule has 2 aliphatic carbocycles. The van der Waals surface area contributed by atoms with Crippen molar-refractivity contribution >= 4 is 74.4 Å². The third-order valence-corrected chi connectivity index (χ3v) is 9.39. The maximum Gasteiger partial charge on any atom is 0.254 e. The summed E-state index contributed by atoms with van der Waals surface area (Å²) in [4.78, 5) is 49.0. The van der Waals surface area contributed by atoms with Crippen molar-refractivity contribution in [1.29, 1.82) is 0 Å². The van der Waals surface area contributed by atoms with Gasteiger partial charge >= 0.3 is 0 Å². The molecule has 11 heteroatoms. The summed E-state index contributed by atoms with van der Waals surface area (Å²) in [6.45, 7) is 0. The number of phenolic OH excluding ortho intramolecular Hbond substituents is 1. The Kier molecular flexibility index (Phi) is 4.99. The highest BCUT2D eigenvalue weighted by Gasteiger charge is 2.76. The number of nitrogens with zero attached hydrogens (tertiary/aromatic N) is 1. The van der Waals surface area contributed by atoms with Gasteiger partial charge in [-0.3, -0.25) is 29.4 Å². The quantitative estimate of drug-likeness (QED) is 0.250. The van der Waals surface area contributed by atoms with E-state index in [1.807, 2.05) is 6.08 Å². The van der Waals surface area contributed by atoms with Crippen molar-refractivity contribution in [3.63, 3.8) is 0 Å². The van der Waals surface area contributed by atoms with Gasteiger partial charge in [-0.2, -0.15) is 0 Å². The SMILES string of the molecule is O=C1NC(=O)C2C1CC=C1C2CC2(Cl)C(=O)N(CBr)C(=O)C2(Cl)C1c1ccc(O)cc1Cl. The lowest BCUT2D eigenvalue weighted by molar-refractivity contribution is -0.138. The van der Waals surface area contributed by atoms with Crippen LogP contribution in [0.3, 0.4) is 0 Å². The molecule has 3 fully saturated rings. The van der Waals surface area contributed by atoms with Crippen LogP contribution in [0.5, 0.6) is 5.75 Å². The summed E-state index contributed by atoms with van der Waals surface area (Å²) in [5.74, 6) is -5.04. The number of hydrogen-bond donors (Lipinski definition) is 2. The molecule has 6 unspecified atom stereocenters. The second-order valence-electron chi connectivity index (χ2n) is 8.55. The first kappa shape index (κ1) is 22.2. The maximum atomic E-state index is 13.5. The van der Waals surface area contributed by atoms with Gasteiger partial charge in [0.2, 0.25) is 11.8 Å². The number of imide groups is 2. The van der Waals surface area contributed by atoms with Crippen molar-refractivity contribution in [1.82, 2.24) is 10.2 Å². The molecular weight excluding hydrogens is 547 g/mol. The Morgan fingerprint density at radius 3 is 2.50 bits per heavy atom. The van der Waals surface area contributed by atoms with Gasteiger partial charge in [0.1, 0.15) is 5.75 Å². The van der Waals surface area contributed by atoms with Crippen molar-refractivity contribution in [3.05, 3.63) is 40.4 Å². The third kappa shape index (κ3) is 2.61. The van der Waals surface area contributed by atoms with Crippen LogP contribution in [0.4, 0.5) is 0 Å². The predicted molar refractivity (Wildman–Crippen MR) is 120 cm³/mol. The summed E-state index contributed by atoms with van der Waals surface area (Å²) >= 11 is 23.7. The topological polar surface area (TPSA) is 104 Å². The van der Waals surface area contributed by atoms with Crippen LogP contribution in [-0.4, -0.2) is 48.8 Å². The molecule has 7 nitrogen and oxygen atoms in total. The highest BCUT2D eigenvalue weighted by molar-refractivity contribution is 9.09. The fourth-order valence-electron chi connectivity index (χ4n) is 5.76. The number of aromatic hydroxyl groups is 1. The van der Waals surface area contributed by atoms with E-state index in [1.165, 1.54) is 18.2 Å². The number of carbonyl (C=O) groups is 4. The lowest BCUT2D eigenvalue weighted by Gasteiger charge is -2.50. The Bertz CT molecular complexity index is 1140. The largest absolute Gasteiger partial charge is 0.508 e. The molecule has 2 N–H and O–H groups in total. The van der Waals surface area contributed by atoms with Gasteiger partial charge in [0.15, 0.2) is 9.75 Å². The van der Waals surface area contributed by atoms with Crippen molar-refractivity contribution < 1.29 is 24.3 Å². The highest BCUT2D eigenvalue weighted by Crippen LogP contribution is 2.65. The molecule has 32 heavy (non-hydrogen) atoms. The number of carbonyl (C=O) groups excluding carboxylic acids is 4. The molecule has 0 spiro atoms. The van der Waals surface area contributed by atoms with Crippen molar-refractivity contribution in [2.75, 3.05) is 5.45 Å². The van der Waals surface area contributed by atoms with E-state index in [0.717, 1.165) is 4.90 Å². The van der Waals surface area contributed by atoms with Gasteiger partial charge in [0.25, 0.3) is 11.8 Å². The summed E-state index contributed by atoms with van der Waals surface area (Å²) in [7, 11) is 0. The Morgan fingerprint density at radius 2 is 1.84 bits per heavy atom. The minimum atomic E-state index is -1.91. The summed E-state index contributed by atoms with van der Waals surface area (Å²) < 4.78 is 0. The first-order valence-corrected chi connectivity index (χ1v) is 12.1. The van der Waals surface area contributed by atoms with Crippen molar-refractivity contribution in [3.8, 4) is 5.75 Å². The van der Waals surface area contributed by atoms with Gasteiger partial charge in [0.05, 0.1) is 17.3 Å². The monoisotopic (exact) mass is 560 g/mol. The zero-order chi connectivity index (χ0) is 23.2. The van der Waals surface area contributed by atoms with E-state index in [2.05, 4.69) is 21.2 Å². The van der Waals surface area contributed by atoms with Crippen LogP contribution < -0.4 is 5.32 Å². The molecular formula is C21H16BrCl3N2O5. The molecule has 168 valence electrons. The second-order valence-corrected chi connectivity index (χ2v) is 10.7. The van der Waals surface area contributed by atoms with Crippen molar-refractivity contribution in [2.45, 2.75) is 28.5 Å². The van der Waals surface area contributed by atoms with Crippen molar-refractivity contribution in [2.24, 2.45) is 17.8 Å². The van der Waals surface area contributed by atoms with Crippen LogP contribution in [0.2, 0.25) is 5.02 Å². The molecule has 1 aromatic carbocycles. The van der Waals surface area contributed by atoms with E-state index in [1.54, 1.807) is 0 Å². The first-order chi connectivity index (χ1) is 15.1. The lowest BCUT2D eigenvalue weighted by Crippen LogP contribution is -2.60. The second kappa shape index (κ2) is 7.19. The van der Waals surface area contributed by atoms with Crippen LogP contribution >= 0.6 is 50.7 Å². The van der Waals surface area contributed by atoms with E-state index < -0.39 is 51.1 Å². The fraction of sp³-hybridized carbons (Fsp3) is 0.429. The summed E-state index contributed by atoms with van der Waals surface area (Å²) in [6.07, 6.45) is 2.02. The van der Waals surface area contributed by atoms with Gasteiger partial charge in [0, 0.05) is 10.9 Å². The van der Waals surface area contributed by atoms with E-state index in [-0.39, 0.29) is 35.0 Å². The summed E-state index contributed by atoms with van der Waals surface area (Å²) in [5.41, 5.74) is 0.951. The molecule has 2 aliphatic heterocycles. The standard InChI is InChI=1S/C21H16BrCl3N2O5/c22-7-27-18(31)20(24)6-12-9(3-4-11-14(12)17(30)26-16(11)29)15(21(20,25)19(27)32)10-2-1-8(28)5-13(10)23/h1-3,5,11-12,14-15,28H,4,6-7H2,(H,26,29,30). The number of halogens is 4. The van der Waals surface area contributed by atoms with E-state index >= 15 is 0 Å². The highest BCUT2D eigenvalue weighted by atomic mass is 79.9. The molecule has 4 amide bonds. The fourth-order valence-corrected chi connectivity index (χ4v) is 7.46. The van der Waals surface area contributed by atoms with Crippen LogP contribution in [0, 0.1) is 17.8 Å². The number of amides is 4. The average molecular weight is 563 g/mol. The van der Waals surface area contributed by atoms with Gasteiger partial charge < -0.3 is 5.11 Å². The molecule has 5 rings (SSSR count). The van der Waals surface area contributed by atoms with Gasteiger partial charge in [-0.1, -0.05) is 45.2 Å². The molecule has 2 heterocycles. The molecule has 4 aliphatic rings. The van der Waals surface area contributed by atoms with E-state index in [4.69, 9.17) is 34.8 Å². The number of hydrogen-bond acceptors (Lipinski definition) is 5. The predicted octanol–water partition coefficient (Wildman–Crippen LogP) is 3.04. The normalized spacial score (nSPS) is 38.2. The molecule has 0 aromatic heterocycles. The minimum absolute atomic E-state index is 0.0773. The number of alkyl halides is 3. The van der Waals surface area contributed by atoms with Crippen LogP contribution in [-0.2, 0) is 19.2 Å². The Labute approximate surface area is 206 Å². The summed E-state index contributed by atoms with van der Waals surface area (Å²) in [6, 6.07) is 4.26. The minimum Gasteiger partial charge on any atom is -0.508 e. The number of fused-ring (bicyclic) bond motifs is 4. The number of phenols is 1. The molecule has 0 bridgehead atoms. The van der Waals surface area contributed by atoms with E-state index in [0.29, 0.717) is 11.1 Å². The number of likely N-dealkylation sites (tertiary alicyclic amines) is 1. The first-order valence-electron chi connectivity index (χ1n) is 9.89. The number of nitrogens with one attached hydrogen (secondary N) is 1. The van der Waals surface area contributed by atoms with Crippen LogP contribution in [0.15, 0.2) is 29.8 Å². The van der Waals surface area contributed by atoms with Crippen LogP contribution in [0.1, 0.15) is 24.3 Å². The van der Waals surface area contributed by atoms with Crippen LogP contribution in [0.25, 0.3) is 0 Å². The van der Waals surface area contributed by atoms with Gasteiger partial charge in [-0.05, 0) is 36.5 Å². The zero-order valence-corrected chi connectivity index (χ0v) is 20.1.